The van der Waals surface area contributed by atoms with Crippen molar-refractivity contribution in [3.8, 4) is 0 Å². The van der Waals surface area contributed by atoms with E-state index in [-0.39, 0.29) is 11.8 Å². The van der Waals surface area contributed by atoms with Crippen LogP contribution >= 0.6 is 0 Å². The molecule has 4 rings (SSSR count). The third kappa shape index (κ3) is 3.41. The second-order valence-electron chi connectivity index (χ2n) is 6.83. The lowest BCUT2D eigenvalue weighted by atomic mass is 10.0. The van der Waals surface area contributed by atoms with E-state index in [0.717, 1.165) is 11.1 Å². The average molecular weight is 378 g/mol. The van der Waals surface area contributed by atoms with E-state index in [9.17, 15) is 19.2 Å². The Morgan fingerprint density at radius 1 is 1.07 bits per heavy atom. The number of carbonyl (C=O) groups excluding carboxylic acids is 4. The molecule has 1 fully saturated rings. The number of imide groups is 2. The van der Waals surface area contributed by atoms with Gasteiger partial charge in [0.25, 0.3) is 11.8 Å². The number of nitrogens with zero attached hydrogens (tertiary/aromatic N) is 2. The minimum absolute atomic E-state index is 0.257. The van der Waals surface area contributed by atoms with E-state index >= 15 is 0 Å². The van der Waals surface area contributed by atoms with Gasteiger partial charge < -0.3 is 0 Å². The van der Waals surface area contributed by atoms with Crippen LogP contribution in [0.15, 0.2) is 42.7 Å². The van der Waals surface area contributed by atoms with Crippen LogP contribution < -0.4 is 10.6 Å². The zero-order valence-corrected chi connectivity index (χ0v) is 15.0. The van der Waals surface area contributed by atoms with Crippen molar-refractivity contribution in [3.05, 3.63) is 65.0 Å². The van der Waals surface area contributed by atoms with Crippen LogP contribution in [0.25, 0.3) is 0 Å². The molecule has 2 aliphatic heterocycles. The van der Waals surface area contributed by atoms with E-state index in [0.29, 0.717) is 37.1 Å². The molecule has 1 atom stereocenters. The third-order valence-corrected chi connectivity index (χ3v) is 5.07. The Hall–Kier alpha value is -3.39. The molecule has 0 saturated carbocycles. The van der Waals surface area contributed by atoms with Gasteiger partial charge in [0.05, 0.1) is 6.04 Å². The van der Waals surface area contributed by atoms with Gasteiger partial charge in [-0.3, -0.25) is 39.7 Å². The second-order valence-corrected chi connectivity index (χ2v) is 6.83. The van der Waals surface area contributed by atoms with Crippen LogP contribution in [0.5, 0.6) is 0 Å². The minimum Gasteiger partial charge on any atom is -0.295 e. The molecular weight excluding hydrogens is 360 g/mol. The molecule has 1 saturated heterocycles. The molecule has 2 N–H and O–H groups in total. The molecule has 4 amide bonds. The molecule has 1 aromatic carbocycles. The van der Waals surface area contributed by atoms with E-state index in [1.165, 1.54) is 24.5 Å². The first-order valence-corrected chi connectivity index (χ1v) is 8.97. The Bertz CT molecular complexity index is 973. The number of hydrogen-bond donors (Lipinski definition) is 2. The number of hydrogen-bond acceptors (Lipinski definition) is 6. The van der Waals surface area contributed by atoms with Gasteiger partial charge in [-0.25, -0.2) is 0 Å². The van der Waals surface area contributed by atoms with Crippen LogP contribution in [0.1, 0.15) is 44.7 Å². The number of nitrogens with one attached hydrogen (secondary N) is 2. The first kappa shape index (κ1) is 18.0. The predicted octanol–water partition coefficient (Wildman–Crippen LogP) is 0.773. The molecule has 0 bridgehead atoms. The standard InChI is InChI=1S/C20H18N4O4/c25-17-5-4-16(20(28)22-17)24-10-13-2-1-3-14(15(13)11-24)19(27)23-18(26)12-6-8-21-9-7-12/h1-3,6-9,16H,4-5,10-11H2,(H,22,25,28)(H,23,26,27). The number of amides is 4. The first-order valence-electron chi connectivity index (χ1n) is 8.97. The van der Waals surface area contributed by atoms with Gasteiger partial charge in [-0.1, -0.05) is 12.1 Å². The van der Waals surface area contributed by atoms with Crippen LogP contribution in [0.4, 0.5) is 0 Å². The molecular formula is C20H18N4O4. The SMILES string of the molecule is O=C1CCC(N2Cc3cccc(C(=O)NC(=O)c4ccncc4)c3C2)C(=O)N1. The highest BCUT2D eigenvalue weighted by atomic mass is 16.2. The summed E-state index contributed by atoms with van der Waals surface area (Å²) in [6, 6.07) is 7.99. The van der Waals surface area contributed by atoms with Crippen LogP contribution in [-0.2, 0) is 22.7 Å². The van der Waals surface area contributed by atoms with E-state index in [4.69, 9.17) is 0 Å². The number of carbonyl (C=O) groups is 4. The van der Waals surface area contributed by atoms with Gasteiger partial charge in [-0.15, -0.1) is 0 Å². The molecule has 0 radical (unpaired) electrons. The van der Waals surface area contributed by atoms with E-state index in [2.05, 4.69) is 15.6 Å². The van der Waals surface area contributed by atoms with Crippen molar-refractivity contribution in [2.24, 2.45) is 0 Å². The highest BCUT2D eigenvalue weighted by Gasteiger charge is 2.36. The number of fused-ring (bicyclic) bond motifs is 1. The van der Waals surface area contributed by atoms with Gasteiger partial charge in [0, 0.05) is 43.0 Å². The Labute approximate surface area is 160 Å². The van der Waals surface area contributed by atoms with Crippen LogP contribution in [-0.4, -0.2) is 39.6 Å². The first-order chi connectivity index (χ1) is 13.5. The largest absolute Gasteiger partial charge is 0.295 e. The number of aromatic nitrogens is 1. The van der Waals surface area contributed by atoms with Gasteiger partial charge >= 0.3 is 0 Å². The highest BCUT2D eigenvalue weighted by Crippen LogP contribution is 2.29. The van der Waals surface area contributed by atoms with Crippen molar-refractivity contribution in [3.63, 3.8) is 0 Å². The number of pyridine rings is 1. The normalized spacial score (nSPS) is 19.1. The van der Waals surface area contributed by atoms with Gasteiger partial charge in [0.2, 0.25) is 11.8 Å². The fourth-order valence-corrected chi connectivity index (χ4v) is 3.66. The number of benzene rings is 1. The third-order valence-electron chi connectivity index (χ3n) is 5.07. The smallest absolute Gasteiger partial charge is 0.258 e. The molecule has 2 aliphatic rings. The van der Waals surface area contributed by atoms with Gasteiger partial charge in [0.15, 0.2) is 0 Å². The van der Waals surface area contributed by atoms with Gasteiger partial charge in [0.1, 0.15) is 0 Å². The number of rotatable bonds is 3. The minimum atomic E-state index is -0.495. The van der Waals surface area contributed by atoms with E-state index < -0.39 is 17.9 Å². The zero-order chi connectivity index (χ0) is 19.7. The molecule has 1 aromatic heterocycles. The van der Waals surface area contributed by atoms with E-state index in [1.54, 1.807) is 12.1 Å². The average Bonchev–Trinajstić information content (AvgIpc) is 3.12. The maximum Gasteiger partial charge on any atom is 0.258 e. The van der Waals surface area contributed by atoms with Crippen LogP contribution in [0.2, 0.25) is 0 Å². The molecule has 8 heteroatoms. The Morgan fingerprint density at radius 3 is 2.61 bits per heavy atom. The molecule has 1 unspecified atom stereocenters. The Balaban J connectivity index is 1.51. The number of piperidine rings is 1. The van der Waals surface area contributed by atoms with Crippen molar-refractivity contribution in [1.29, 1.82) is 0 Å². The maximum atomic E-state index is 12.7. The van der Waals surface area contributed by atoms with Crippen molar-refractivity contribution >= 4 is 23.6 Å². The molecule has 0 aliphatic carbocycles. The summed E-state index contributed by atoms with van der Waals surface area (Å²) in [7, 11) is 0. The lowest BCUT2D eigenvalue weighted by Crippen LogP contribution is -2.50. The van der Waals surface area contributed by atoms with Crippen molar-refractivity contribution in [2.75, 3.05) is 0 Å². The summed E-state index contributed by atoms with van der Waals surface area (Å²) in [5, 5.41) is 4.77. The zero-order valence-electron chi connectivity index (χ0n) is 15.0. The fourth-order valence-electron chi connectivity index (χ4n) is 3.66. The quantitative estimate of drug-likeness (QED) is 0.764. The van der Waals surface area contributed by atoms with Crippen LogP contribution in [0, 0.1) is 0 Å². The van der Waals surface area contributed by atoms with Gasteiger partial charge in [-0.05, 0) is 35.7 Å². The highest BCUT2D eigenvalue weighted by molar-refractivity contribution is 6.11. The topological polar surface area (TPSA) is 108 Å². The van der Waals surface area contributed by atoms with Crippen molar-refractivity contribution in [1.82, 2.24) is 20.5 Å². The molecule has 2 aromatic rings. The van der Waals surface area contributed by atoms with Crippen molar-refractivity contribution < 1.29 is 19.2 Å². The fraction of sp³-hybridized carbons (Fsp3) is 0.250. The van der Waals surface area contributed by atoms with Crippen molar-refractivity contribution in [2.45, 2.75) is 32.0 Å². The molecule has 0 spiro atoms. The lowest BCUT2D eigenvalue weighted by molar-refractivity contribution is -0.137. The maximum absolute atomic E-state index is 12.7. The molecule has 3 heterocycles. The monoisotopic (exact) mass is 378 g/mol. The lowest BCUT2D eigenvalue weighted by Gasteiger charge is -2.29. The summed E-state index contributed by atoms with van der Waals surface area (Å²) in [4.78, 5) is 54.3. The predicted molar refractivity (Wildman–Crippen MR) is 97.9 cm³/mol. The molecule has 142 valence electrons. The second kappa shape index (κ2) is 7.32. The van der Waals surface area contributed by atoms with E-state index in [1.807, 2.05) is 11.0 Å². The summed E-state index contributed by atoms with van der Waals surface area (Å²) in [5.41, 5.74) is 2.50. The Kier molecular flexibility index (Phi) is 4.70. The molecule has 28 heavy (non-hydrogen) atoms. The Morgan fingerprint density at radius 2 is 1.86 bits per heavy atom. The summed E-state index contributed by atoms with van der Waals surface area (Å²) in [6.07, 6.45) is 3.73. The van der Waals surface area contributed by atoms with Gasteiger partial charge in [-0.2, -0.15) is 0 Å². The van der Waals surface area contributed by atoms with Crippen LogP contribution in [0.3, 0.4) is 0 Å². The summed E-state index contributed by atoms with van der Waals surface area (Å²) >= 11 is 0. The summed E-state index contributed by atoms with van der Waals surface area (Å²) in [6.45, 7) is 0.926. The summed E-state index contributed by atoms with van der Waals surface area (Å²) in [5.74, 6) is -1.54. The molecule has 8 nitrogen and oxygen atoms in total. The summed E-state index contributed by atoms with van der Waals surface area (Å²) < 4.78 is 0.